The third-order valence-corrected chi connectivity index (χ3v) is 7.72. The first kappa shape index (κ1) is 26.3. The van der Waals surface area contributed by atoms with E-state index in [1.165, 1.54) is 6.20 Å². The Morgan fingerprint density at radius 1 is 1.10 bits per heavy atom. The van der Waals surface area contributed by atoms with Crippen molar-refractivity contribution < 1.29 is 9.26 Å². The van der Waals surface area contributed by atoms with Crippen LogP contribution >= 0.6 is 23.2 Å². The summed E-state index contributed by atoms with van der Waals surface area (Å²) in [6, 6.07) is 8.84. The molecule has 2 fully saturated rings. The molecule has 0 amide bonds. The van der Waals surface area contributed by atoms with Crippen LogP contribution in [-0.2, 0) is 11.3 Å². The maximum absolute atomic E-state index is 12.1. The molecule has 6 rings (SSSR count). The fraction of sp³-hybridized carbons (Fsp3) is 0.333. The highest BCUT2D eigenvalue weighted by molar-refractivity contribution is 6.39. The number of halogens is 2. The van der Waals surface area contributed by atoms with Crippen LogP contribution in [0.15, 0.2) is 50.6 Å². The van der Waals surface area contributed by atoms with Crippen LogP contribution in [0.1, 0.15) is 42.9 Å². The molecule has 11 nitrogen and oxygen atoms in total. The quantitative estimate of drug-likeness (QED) is 0.307. The van der Waals surface area contributed by atoms with Gasteiger partial charge in [0.05, 0.1) is 29.0 Å². The summed E-state index contributed by atoms with van der Waals surface area (Å²) in [5.41, 5.74) is 1.01. The van der Waals surface area contributed by atoms with E-state index in [2.05, 4.69) is 30.0 Å². The molecule has 13 heteroatoms. The number of aromatic nitrogens is 5. The van der Waals surface area contributed by atoms with Gasteiger partial charge in [-0.15, -0.1) is 4.68 Å². The van der Waals surface area contributed by atoms with Gasteiger partial charge in [-0.1, -0.05) is 41.0 Å². The van der Waals surface area contributed by atoms with Crippen LogP contribution in [0.5, 0.6) is 0 Å². The summed E-state index contributed by atoms with van der Waals surface area (Å²) < 4.78 is 13.1. The number of ether oxygens (including phenoxy) is 1. The number of benzene rings is 1. The van der Waals surface area contributed by atoms with Gasteiger partial charge < -0.3 is 19.0 Å². The summed E-state index contributed by atoms with van der Waals surface area (Å²) in [5.74, 6) is 1.54. The number of pyridine rings is 1. The zero-order valence-corrected chi connectivity index (χ0v) is 22.7. The Hall–Kier alpha value is -3.98. The highest BCUT2D eigenvalue weighted by atomic mass is 35.5. The van der Waals surface area contributed by atoms with Crippen molar-refractivity contribution >= 4 is 34.8 Å². The zero-order chi connectivity index (χ0) is 27.8. The van der Waals surface area contributed by atoms with E-state index in [4.69, 9.17) is 39.0 Å². The lowest BCUT2D eigenvalue weighted by Crippen LogP contribution is -2.37. The molecular formula is C27H23Cl2N7O4. The van der Waals surface area contributed by atoms with Crippen LogP contribution < -0.4 is 16.1 Å². The standard InChI is InChI=1S/C27H23Cl2N7O4/c1-30-25-26(37)32-27(38)36(33-25)16-7-8-21(31-13-16)35-11-9-17(10-12-35)39-14-18-23(34-40-24(18)15-5-6-15)22-19(28)3-2-4-20(22)29/h2-4,7-8,13,15,17H,5-6,9-12,14H2,(H,32,37,38). The van der Waals surface area contributed by atoms with Crippen molar-refractivity contribution in [2.24, 2.45) is 0 Å². The summed E-state index contributed by atoms with van der Waals surface area (Å²) in [5, 5.41) is 9.19. The predicted molar refractivity (Wildman–Crippen MR) is 148 cm³/mol. The molecule has 3 aromatic heterocycles. The SMILES string of the molecule is [C-]#[N+]c1nn(-c2ccc(N3CCC(OCc4c(-c5c(Cl)cccc5Cl)noc4C4CC4)CC3)nc2)c(=O)[nH]c1=O. The zero-order valence-electron chi connectivity index (χ0n) is 21.1. The van der Waals surface area contributed by atoms with Gasteiger partial charge in [-0.05, 0) is 55.0 Å². The molecule has 4 aromatic rings. The van der Waals surface area contributed by atoms with Gasteiger partial charge >= 0.3 is 11.5 Å². The van der Waals surface area contributed by atoms with Crippen molar-refractivity contribution in [2.75, 3.05) is 18.0 Å². The van der Waals surface area contributed by atoms with E-state index in [0.717, 1.165) is 60.6 Å². The van der Waals surface area contributed by atoms with Crippen LogP contribution in [0.4, 0.5) is 11.6 Å². The van der Waals surface area contributed by atoms with Gasteiger partial charge in [-0.3, -0.25) is 9.78 Å². The molecule has 0 atom stereocenters. The normalized spacial score (nSPS) is 15.8. The van der Waals surface area contributed by atoms with Gasteiger partial charge in [0.25, 0.3) is 5.56 Å². The van der Waals surface area contributed by atoms with Crippen molar-refractivity contribution in [3.05, 3.63) is 90.2 Å². The molecule has 0 bridgehead atoms. The number of aromatic amines is 1. The Kier molecular flexibility index (Phi) is 7.14. The summed E-state index contributed by atoms with van der Waals surface area (Å²) in [4.78, 5) is 35.5. The lowest BCUT2D eigenvalue weighted by atomic mass is 10.0. The van der Waals surface area contributed by atoms with Crippen LogP contribution in [0.3, 0.4) is 0 Å². The third-order valence-electron chi connectivity index (χ3n) is 7.09. The second kappa shape index (κ2) is 10.9. The highest BCUT2D eigenvalue weighted by Crippen LogP contribution is 2.46. The van der Waals surface area contributed by atoms with Gasteiger partial charge in [0.15, 0.2) is 0 Å². The first-order chi connectivity index (χ1) is 19.4. The van der Waals surface area contributed by atoms with Gasteiger partial charge in [0, 0.05) is 30.1 Å². The summed E-state index contributed by atoms with van der Waals surface area (Å²) in [6.07, 6.45) is 5.26. The Bertz CT molecular complexity index is 1690. The molecule has 40 heavy (non-hydrogen) atoms. The molecule has 1 aromatic carbocycles. The van der Waals surface area contributed by atoms with E-state index in [9.17, 15) is 9.59 Å². The molecular weight excluding hydrogens is 557 g/mol. The molecule has 4 heterocycles. The Balaban J connectivity index is 1.12. The number of anilines is 1. The van der Waals surface area contributed by atoms with Crippen LogP contribution in [0.25, 0.3) is 21.8 Å². The summed E-state index contributed by atoms with van der Waals surface area (Å²) >= 11 is 12.9. The number of hydrogen-bond acceptors (Lipinski definition) is 8. The van der Waals surface area contributed by atoms with E-state index in [1.807, 2.05) is 0 Å². The van der Waals surface area contributed by atoms with Gasteiger partial charge in [-0.2, -0.15) is 0 Å². The van der Waals surface area contributed by atoms with Gasteiger partial charge in [0.2, 0.25) is 0 Å². The van der Waals surface area contributed by atoms with E-state index in [0.29, 0.717) is 39.5 Å². The highest BCUT2D eigenvalue weighted by Gasteiger charge is 2.34. The van der Waals surface area contributed by atoms with Gasteiger partial charge in [-0.25, -0.2) is 9.78 Å². The van der Waals surface area contributed by atoms with Crippen LogP contribution in [0, 0.1) is 6.57 Å². The van der Waals surface area contributed by atoms with E-state index in [-0.39, 0.29) is 6.10 Å². The third kappa shape index (κ3) is 5.13. The minimum Gasteiger partial charge on any atom is -0.373 e. The maximum Gasteiger partial charge on any atom is 0.365 e. The molecule has 1 aliphatic carbocycles. The average Bonchev–Trinajstić information content (AvgIpc) is 3.72. The fourth-order valence-electron chi connectivity index (χ4n) is 4.83. The number of rotatable bonds is 7. The lowest BCUT2D eigenvalue weighted by Gasteiger charge is -2.32. The number of nitrogens with one attached hydrogen (secondary N) is 1. The number of H-pyrrole nitrogens is 1. The maximum atomic E-state index is 12.1. The molecule has 1 saturated carbocycles. The monoisotopic (exact) mass is 579 g/mol. The molecule has 0 radical (unpaired) electrons. The molecule has 204 valence electrons. The topological polar surface area (TPSA) is 124 Å². The van der Waals surface area contributed by atoms with Gasteiger partial charge in [0.1, 0.15) is 23.0 Å². The van der Waals surface area contributed by atoms with Crippen molar-refractivity contribution in [1.29, 1.82) is 0 Å². The second-order valence-electron chi connectivity index (χ2n) is 9.72. The number of hydrogen-bond donors (Lipinski definition) is 1. The second-order valence-corrected chi connectivity index (χ2v) is 10.5. The average molecular weight is 580 g/mol. The van der Waals surface area contributed by atoms with E-state index < -0.39 is 17.1 Å². The first-order valence-electron chi connectivity index (χ1n) is 12.8. The number of nitrogens with zero attached hydrogens (tertiary/aromatic N) is 6. The smallest absolute Gasteiger partial charge is 0.365 e. The Labute approximate surface area is 238 Å². The van der Waals surface area contributed by atoms with Crippen molar-refractivity contribution in [1.82, 2.24) is 24.9 Å². The minimum absolute atomic E-state index is 0.0445. The van der Waals surface area contributed by atoms with E-state index in [1.54, 1.807) is 30.3 Å². The number of piperidine rings is 1. The van der Waals surface area contributed by atoms with Crippen LogP contribution in [-0.4, -0.2) is 44.1 Å². The summed E-state index contributed by atoms with van der Waals surface area (Å²) in [7, 11) is 0. The molecule has 2 aliphatic rings. The minimum atomic E-state index is -0.817. The molecule has 0 spiro atoms. The molecule has 1 saturated heterocycles. The van der Waals surface area contributed by atoms with Crippen molar-refractivity contribution in [3.63, 3.8) is 0 Å². The van der Waals surface area contributed by atoms with Crippen molar-refractivity contribution in [2.45, 2.75) is 44.3 Å². The predicted octanol–water partition coefficient (Wildman–Crippen LogP) is 4.89. The Morgan fingerprint density at radius 3 is 2.50 bits per heavy atom. The van der Waals surface area contributed by atoms with E-state index >= 15 is 0 Å². The van der Waals surface area contributed by atoms with Crippen molar-refractivity contribution in [3.8, 4) is 16.9 Å². The van der Waals surface area contributed by atoms with Crippen LogP contribution in [0.2, 0.25) is 10.0 Å². The first-order valence-corrected chi connectivity index (χ1v) is 13.6. The Morgan fingerprint density at radius 2 is 1.85 bits per heavy atom. The molecule has 1 aliphatic heterocycles. The largest absolute Gasteiger partial charge is 0.373 e. The fourth-order valence-corrected chi connectivity index (χ4v) is 5.41. The lowest BCUT2D eigenvalue weighted by molar-refractivity contribution is 0.0245. The molecule has 1 N–H and O–H groups in total. The molecule has 0 unspecified atom stereocenters. The summed E-state index contributed by atoms with van der Waals surface area (Å²) in [6.45, 7) is 8.87.